The third kappa shape index (κ3) is 3.83. The van der Waals surface area contributed by atoms with Crippen LogP contribution in [-0.2, 0) is 23.0 Å². The zero-order valence-electron chi connectivity index (χ0n) is 16.5. The fraction of sp³-hybridized carbons (Fsp3) is 0.250. The van der Waals surface area contributed by atoms with Crippen LogP contribution in [0, 0.1) is 12.7 Å². The fourth-order valence-electron chi connectivity index (χ4n) is 3.54. The molecule has 1 aromatic heterocycles. The van der Waals surface area contributed by atoms with Crippen molar-refractivity contribution in [1.29, 1.82) is 0 Å². The van der Waals surface area contributed by atoms with Gasteiger partial charge in [-0.05, 0) is 54.8 Å². The summed E-state index contributed by atoms with van der Waals surface area (Å²) in [5.74, 6) is -0.836. The Morgan fingerprint density at radius 3 is 2.60 bits per heavy atom. The van der Waals surface area contributed by atoms with Crippen LogP contribution in [0.2, 0.25) is 0 Å². The largest absolute Gasteiger partial charge is 0.321 e. The smallest absolute Gasteiger partial charge is 0.278 e. The number of carbonyl (C=O) groups is 1. The van der Waals surface area contributed by atoms with Crippen molar-refractivity contribution < 1.29 is 17.6 Å². The van der Waals surface area contributed by atoms with E-state index in [-0.39, 0.29) is 5.69 Å². The summed E-state index contributed by atoms with van der Waals surface area (Å²) < 4.78 is 39.9. The van der Waals surface area contributed by atoms with Crippen LogP contribution < -0.4 is 5.32 Å². The van der Waals surface area contributed by atoms with Gasteiger partial charge in [0.1, 0.15) is 5.82 Å². The molecule has 0 radical (unpaired) electrons. The SMILES string of the molecule is Cc1c(C(=O)Nc2ccc(F)cc2)nnn1-c1cccc2c1CCN(S(C)(=O)=O)C2. The van der Waals surface area contributed by atoms with E-state index in [0.29, 0.717) is 30.9 Å². The first-order valence-electron chi connectivity index (χ1n) is 9.29. The molecule has 1 amide bonds. The number of rotatable bonds is 4. The van der Waals surface area contributed by atoms with Gasteiger partial charge < -0.3 is 5.32 Å². The Morgan fingerprint density at radius 2 is 1.90 bits per heavy atom. The van der Waals surface area contributed by atoms with Gasteiger partial charge in [0.05, 0.1) is 17.6 Å². The summed E-state index contributed by atoms with van der Waals surface area (Å²) >= 11 is 0. The molecule has 1 aliphatic heterocycles. The predicted octanol–water partition coefficient (Wildman–Crippen LogP) is 2.28. The third-order valence-corrected chi connectivity index (χ3v) is 6.36. The molecule has 0 unspecified atom stereocenters. The first kappa shape index (κ1) is 20.2. The Hall–Kier alpha value is -3.11. The highest BCUT2D eigenvalue weighted by Gasteiger charge is 2.26. The van der Waals surface area contributed by atoms with Gasteiger partial charge in [-0.25, -0.2) is 17.5 Å². The molecule has 10 heteroatoms. The van der Waals surface area contributed by atoms with E-state index in [4.69, 9.17) is 0 Å². The lowest BCUT2D eigenvalue weighted by Gasteiger charge is -2.28. The number of nitrogens with one attached hydrogen (secondary N) is 1. The van der Waals surface area contributed by atoms with Crippen molar-refractivity contribution in [2.75, 3.05) is 18.1 Å². The van der Waals surface area contributed by atoms with Crippen molar-refractivity contribution >= 4 is 21.6 Å². The van der Waals surface area contributed by atoms with Gasteiger partial charge >= 0.3 is 0 Å². The summed E-state index contributed by atoms with van der Waals surface area (Å²) in [6.07, 6.45) is 1.74. The van der Waals surface area contributed by atoms with Gasteiger partial charge in [0, 0.05) is 18.8 Å². The van der Waals surface area contributed by atoms with Gasteiger partial charge in [-0.15, -0.1) is 5.10 Å². The maximum Gasteiger partial charge on any atom is 0.278 e. The molecule has 0 saturated carbocycles. The van der Waals surface area contributed by atoms with Crippen LogP contribution in [0.4, 0.5) is 10.1 Å². The van der Waals surface area contributed by atoms with E-state index in [2.05, 4.69) is 15.6 Å². The zero-order valence-corrected chi connectivity index (χ0v) is 17.3. The number of aromatic nitrogens is 3. The Balaban J connectivity index is 1.63. The zero-order chi connectivity index (χ0) is 21.5. The first-order valence-corrected chi connectivity index (χ1v) is 11.1. The number of hydrogen-bond acceptors (Lipinski definition) is 5. The quantitative estimate of drug-likeness (QED) is 0.686. The van der Waals surface area contributed by atoms with Gasteiger partial charge in [0.2, 0.25) is 10.0 Å². The summed E-state index contributed by atoms with van der Waals surface area (Å²) in [5, 5.41) is 10.9. The molecule has 1 N–H and O–H groups in total. The molecule has 30 heavy (non-hydrogen) atoms. The molecular weight excluding hydrogens is 409 g/mol. The van der Waals surface area contributed by atoms with Crippen LogP contribution in [0.5, 0.6) is 0 Å². The van der Waals surface area contributed by atoms with Gasteiger partial charge in [-0.2, -0.15) is 4.31 Å². The Labute approximate surface area is 173 Å². The molecule has 0 fully saturated rings. The Kier molecular flexibility index (Phi) is 5.12. The van der Waals surface area contributed by atoms with Crippen LogP contribution in [0.15, 0.2) is 42.5 Å². The lowest BCUT2D eigenvalue weighted by molar-refractivity contribution is 0.102. The summed E-state index contributed by atoms with van der Waals surface area (Å²) in [7, 11) is -3.27. The fourth-order valence-corrected chi connectivity index (χ4v) is 4.33. The van der Waals surface area contributed by atoms with Crippen LogP contribution in [-0.4, -0.2) is 46.4 Å². The predicted molar refractivity (Wildman–Crippen MR) is 109 cm³/mol. The molecule has 0 atom stereocenters. The highest BCUT2D eigenvalue weighted by Crippen LogP contribution is 2.27. The number of amides is 1. The minimum absolute atomic E-state index is 0.158. The number of benzene rings is 2. The van der Waals surface area contributed by atoms with Crippen molar-refractivity contribution in [3.8, 4) is 5.69 Å². The Bertz CT molecular complexity index is 1220. The van der Waals surface area contributed by atoms with E-state index >= 15 is 0 Å². The molecule has 8 nitrogen and oxygen atoms in total. The maximum absolute atomic E-state index is 13.1. The molecule has 4 rings (SSSR count). The number of sulfonamides is 1. The van der Waals surface area contributed by atoms with Crippen molar-refractivity contribution in [1.82, 2.24) is 19.3 Å². The van der Waals surface area contributed by atoms with Crippen molar-refractivity contribution in [2.45, 2.75) is 19.9 Å². The van der Waals surface area contributed by atoms with Crippen LogP contribution in [0.1, 0.15) is 27.3 Å². The highest BCUT2D eigenvalue weighted by molar-refractivity contribution is 7.88. The third-order valence-electron chi connectivity index (χ3n) is 5.12. The van der Waals surface area contributed by atoms with E-state index in [0.717, 1.165) is 16.8 Å². The standard InChI is InChI=1S/C20H20FN5O3S/c1-13-19(20(27)22-16-8-6-15(21)7-9-16)23-24-26(13)18-5-3-4-14-12-25(30(2,28)29)11-10-17(14)18/h3-9H,10-12H2,1-2H3,(H,22,27). The van der Waals surface area contributed by atoms with Crippen molar-refractivity contribution in [2.24, 2.45) is 0 Å². The van der Waals surface area contributed by atoms with Gasteiger partial charge in [0.25, 0.3) is 5.91 Å². The second kappa shape index (κ2) is 7.62. The number of anilines is 1. The second-order valence-electron chi connectivity index (χ2n) is 7.16. The van der Waals surface area contributed by atoms with E-state index in [1.807, 2.05) is 18.2 Å². The maximum atomic E-state index is 13.1. The monoisotopic (exact) mass is 429 g/mol. The number of halogens is 1. The average molecular weight is 429 g/mol. The van der Waals surface area contributed by atoms with E-state index in [1.165, 1.54) is 34.8 Å². The summed E-state index contributed by atoms with van der Waals surface area (Å²) in [4.78, 5) is 12.6. The molecule has 1 aliphatic rings. The van der Waals surface area contributed by atoms with Gasteiger partial charge in [-0.1, -0.05) is 17.3 Å². The molecule has 2 heterocycles. The molecule has 0 aliphatic carbocycles. The normalized spacial score (nSPS) is 14.4. The van der Waals surface area contributed by atoms with Crippen molar-refractivity contribution in [3.63, 3.8) is 0 Å². The lowest BCUT2D eigenvalue weighted by Crippen LogP contribution is -2.35. The summed E-state index contributed by atoms with van der Waals surface area (Å²) in [6.45, 7) is 2.42. The minimum Gasteiger partial charge on any atom is -0.321 e. The summed E-state index contributed by atoms with van der Waals surface area (Å²) in [6, 6.07) is 11.1. The molecular formula is C20H20FN5O3S. The van der Waals surface area contributed by atoms with Gasteiger partial charge in [-0.3, -0.25) is 4.79 Å². The Morgan fingerprint density at radius 1 is 1.17 bits per heavy atom. The molecule has 156 valence electrons. The number of fused-ring (bicyclic) bond motifs is 1. The molecule has 0 spiro atoms. The van der Waals surface area contributed by atoms with Crippen molar-refractivity contribution in [3.05, 3.63) is 70.8 Å². The van der Waals surface area contributed by atoms with Crippen LogP contribution in [0.25, 0.3) is 5.69 Å². The first-order chi connectivity index (χ1) is 14.2. The van der Waals surface area contributed by atoms with Gasteiger partial charge in [0.15, 0.2) is 5.69 Å². The molecule has 3 aromatic rings. The topological polar surface area (TPSA) is 97.2 Å². The minimum atomic E-state index is -3.27. The molecule has 2 aromatic carbocycles. The highest BCUT2D eigenvalue weighted by atomic mass is 32.2. The number of hydrogen-bond donors (Lipinski definition) is 1. The lowest BCUT2D eigenvalue weighted by atomic mass is 9.99. The van der Waals surface area contributed by atoms with Crippen LogP contribution >= 0.6 is 0 Å². The molecule has 0 bridgehead atoms. The van der Waals surface area contributed by atoms with E-state index in [1.54, 1.807) is 11.6 Å². The van der Waals surface area contributed by atoms with E-state index in [9.17, 15) is 17.6 Å². The number of nitrogens with zero attached hydrogens (tertiary/aromatic N) is 4. The molecule has 0 saturated heterocycles. The second-order valence-corrected chi connectivity index (χ2v) is 9.14. The number of carbonyl (C=O) groups excluding carboxylic acids is 1. The average Bonchev–Trinajstić information content (AvgIpc) is 3.09. The van der Waals surface area contributed by atoms with Crippen LogP contribution in [0.3, 0.4) is 0 Å². The summed E-state index contributed by atoms with van der Waals surface area (Å²) in [5.41, 5.74) is 3.81. The van der Waals surface area contributed by atoms with E-state index < -0.39 is 21.7 Å².